The first-order valence-corrected chi connectivity index (χ1v) is 16.5. The molecular weight excluding hydrogens is 590 g/mol. The van der Waals surface area contributed by atoms with Crippen molar-refractivity contribution >= 4 is 45.9 Å². The van der Waals surface area contributed by atoms with Gasteiger partial charge in [-0.05, 0) is 90.6 Å². The Morgan fingerprint density at radius 1 is 0.792 bits per heavy atom. The molecule has 4 aromatic carbocycles. The van der Waals surface area contributed by atoms with E-state index >= 15 is 0 Å². The lowest BCUT2D eigenvalue weighted by atomic mass is 9.87. The fraction of sp³-hybridized carbons (Fsp3) is 0.143. The Bertz CT molecular complexity index is 2400. The van der Waals surface area contributed by atoms with Crippen LogP contribution in [0.2, 0.25) is 0 Å². The first kappa shape index (κ1) is 28.2. The molecular formula is C42H34N5O+. The van der Waals surface area contributed by atoms with Gasteiger partial charge in [-0.15, -0.1) is 0 Å². The van der Waals surface area contributed by atoms with Gasteiger partial charge >= 0.3 is 0 Å². The predicted octanol–water partition coefficient (Wildman–Crippen LogP) is 9.90. The highest BCUT2D eigenvalue weighted by Crippen LogP contribution is 2.50. The topological polar surface area (TPSA) is 48.3 Å². The number of anilines is 4. The van der Waals surface area contributed by atoms with Gasteiger partial charge < -0.3 is 4.74 Å². The molecule has 0 saturated carbocycles. The summed E-state index contributed by atoms with van der Waals surface area (Å²) in [6.45, 7) is 6.79. The minimum atomic E-state index is -0.0599. The van der Waals surface area contributed by atoms with Crippen molar-refractivity contribution in [3.8, 4) is 23.4 Å². The van der Waals surface area contributed by atoms with Crippen LogP contribution in [0.3, 0.4) is 0 Å². The lowest BCUT2D eigenvalue weighted by Crippen LogP contribution is -2.37. The van der Waals surface area contributed by atoms with Gasteiger partial charge in [-0.2, -0.15) is 9.83 Å². The summed E-state index contributed by atoms with van der Waals surface area (Å²) >= 11 is 0. The molecule has 4 heterocycles. The fourth-order valence-corrected chi connectivity index (χ4v) is 7.29. The number of hydrogen-bond acceptors (Lipinski definition) is 4. The standard InChI is InChI=1S/C42H34N5O/c1-42(2,3)29-20-21-44-27-41-45(30-11-8-10-28(22-30)26-43)37-16-6-7-17-38(37)46(41)31-12-9-13-32(24-31)48-33-18-19-35-34-14-4-5-15-36(34)47(39(35)25-33)40(44)23-29/h5-13,15-25,27H,4,14H2,1-3H3/q+1. The molecule has 0 spiro atoms. The molecule has 0 saturated heterocycles. The van der Waals surface area contributed by atoms with Crippen LogP contribution in [0.15, 0.2) is 121 Å². The molecule has 1 aliphatic carbocycles. The fourth-order valence-electron chi connectivity index (χ4n) is 7.29. The van der Waals surface area contributed by atoms with Crippen LogP contribution in [-0.4, -0.2) is 4.57 Å². The number of benzene rings is 4. The van der Waals surface area contributed by atoms with Crippen LogP contribution in [-0.2, 0) is 11.8 Å². The Morgan fingerprint density at radius 3 is 2.31 bits per heavy atom. The van der Waals surface area contributed by atoms with Crippen molar-refractivity contribution in [1.82, 2.24) is 4.57 Å². The van der Waals surface area contributed by atoms with Gasteiger partial charge in [0.1, 0.15) is 28.9 Å². The van der Waals surface area contributed by atoms with Gasteiger partial charge in [0.05, 0.1) is 34.9 Å². The Morgan fingerprint density at radius 2 is 1.54 bits per heavy atom. The lowest BCUT2D eigenvalue weighted by molar-refractivity contribution is -0.563. The maximum absolute atomic E-state index is 9.87. The summed E-state index contributed by atoms with van der Waals surface area (Å²) in [7, 11) is 0. The van der Waals surface area contributed by atoms with E-state index in [1.165, 1.54) is 22.2 Å². The average molecular weight is 625 g/mol. The van der Waals surface area contributed by atoms with Crippen LogP contribution in [0.5, 0.6) is 11.5 Å². The summed E-state index contributed by atoms with van der Waals surface area (Å²) in [5.74, 6) is 3.52. The number of aryl methyl sites for hydroxylation is 1. The number of pyridine rings is 1. The number of fused-ring (bicyclic) bond motifs is 12. The van der Waals surface area contributed by atoms with Gasteiger partial charge in [0.25, 0.3) is 5.82 Å². The second kappa shape index (κ2) is 10.5. The third-order valence-electron chi connectivity index (χ3n) is 9.60. The summed E-state index contributed by atoms with van der Waals surface area (Å²) in [5, 5.41) is 11.1. The predicted molar refractivity (Wildman–Crippen MR) is 192 cm³/mol. The molecule has 0 fully saturated rings. The summed E-state index contributed by atoms with van der Waals surface area (Å²) in [5.41, 5.74) is 9.42. The van der Waals surface area contributed by atoms with Crippen LogP contribution in [0.1, 0.15) is 49.6 Å². The van der Waals surface area contributed by atoms with E-state index in [0.717, 1.165) is 64.2 Å². The van der Waals surface area contributed by atoms with Gasteiger partial charge in [0.15, 0.2) is 5.82 Å². The van der Waals surface area contributed by atoms with Crippen molar-refractivity contribution in [2.45, 2.75) is 39.0 Å². The number of nitrogens with zero attached hydrogens (tertiary/aromatic N) is 5. The number of aromatic nitrogens is 2. The maximum atomic E-state index is 9.87. The summed E-state index contributed by atoms with van der Waals surface area (Å²) in [4.78, 5) is 4.53. The van der Waals surface area contributed by atoms with Crippen molar-refractivity contribution in [2.24, 2.45) is 0 Å². The van der Waals surface area contributed by atoms with Gasteiger partial charge in [-0.3, -0.25) is 9.80 Å². The van der Waals surface area contributed by atoms with E-state index in [-0.39, 0.29) is 5.41 Å². The number of nitriles is 1. The number of allylic oxidation sites excluding steroid dienone is 1. The van der Waals surface area contributed by atoms with Gasteiger partial charge in [-0.1, -0.05) is 51.1 Å². The molecule has 3 aliphatic rings. The van der Waals surface area contributed by atoms with E-state index in [9.17, 15) is 5.26 Å². The van der Waals surface area contributed by atoms with Crippen LogP contribution in [0.25, 0.3) is 29.0 Å². The second-order valence-corrected chi connectivity index (χ2v) is 13.7. The zero-order valence-corrected chi connectivity index (χ0v) is 27.2. The Kier molecular flexibility index (Phi) is 6.15. The molecule has 232 valence electrons. The third-order valence-corrected chi connectivity index (χ3v) is 9.60. The first-order chi connectivity index (χ1) is 23.4. The number of rotatable bonds is 1. The minimum Gasteiger partial charge on any atom is -0.457 e. The van der Waals surface area contributed by atoms with Crippen molar-refractivity contribution in [2.75, 3.05) is 9.80 Å². The Balaban J connectivity index is 1.42. The van der Waals surface area contributed by atoms with E-state index in [4.69, 9.17) is 4.74 Å². The maximum Gasteiger partial charge on any atom is 0.292 e. The van der Waals surface area contributed by atoms with Gasteiger partial charge in [0, 0.05) is 34.8 Å². The van der Waals surface area contributed by atoms with Crippen molar-refractivity contribution < 1.29 is 9.30 Å². The molecule has 48 heavy (non-hydrogen) atoms. The normalized spacial score (nSPS) is 14.5. The minimum absolute atomic E-state index is 0.0599. The zero-order valence-electron chi connectivity index (χ0n) is 27.2. The molecule has 6 heteroatoms. The zero-order chi connectivity index (χ0) is 32.6. The highest BCUT2D eigenvalue weighted by atomic mass is 16.5. The average Bonchev–Trinajstić information content (AvgIpc) is 3.60. The van der Waals surface area contributed by atoms with E-state index in [1.807, 2.05) is 30.3 Å². The van der Waals surface area contributed by atoms with Gasteiger partial charge in [-0.25, -0.2) is 4.57 Å². The van der Waals surface area contributed by atoms with Crippen LogP contribution < -0.4 is 19.1 Å². The molecule has 6 nitrogen and oxygen atoms in total. The molecule has 0 amide bonds. The molecule has 9 rings (SSSR count). The van der Waals surface area contributed by atoms with Crippen LogP contribution in [0.4, 0.5) is 22.7 Å². The van der Waals surface area contributed by atoms with E-state index in [0.29, 0.717) is 5.56 Å². The Hall–Kier alpha value is -6.06. The van der Waals surface area contributed by atoms with E-state index in [2.05, 4.69) is 143 Å². The SMILES string of the molecule is CC(C)(C)c1cc[n+]2c(c1)-n1c3c(c4ccc(cc41)Oc1cccc(c1)N1C(=C2)N(c2cccc(C#N)c2)c2ccccc21)CCC=C3. The van der Waals surface area contributed by atoms with Gasteiger partial charge in [0.2, 0.25) is 0 Å². The largest absolute Gasteiger partial charge is 0.457 e. The van der Waals surface area contributed by atoms with Crippen LogP contribution >= 0.6 is 0 Å². The highest BCUT2D eigenvalue weighted by molar-refractivity contribution is 5.95. The summed E-state index contributed by atoms with van der Waals surface area (Å²) < 4.78 is 11.3. The summed E-state index contributed by atoms with van der Waals surface area (Å²) in [6, 6.07) is 37.9. The highest BCUT2D eigenvalue weighted by Gasteiger charge is 2.36. The Labute approximate surface area is 280 Å². The summed E-state index contributed by atoms with van der Waals surface area (Å²) in [6.07, 6.45) is 11.0. The number of hydrogen-bond donors (Lipinski definition) is 0. The molecule has 0 atom stereocenters. The van der Waals surface area contributed by atoms with E-state index in [1.54, 1.807) is 0 Å². The lowest BCUT2D eigenvalue weighted by Gasteiger charge is -2.26. The van der Waals surface area contributed by atoms with Crippen molar-refractivity contribution in [1.29, 1.82) is 5.26 Å². The molecule has 0 radical (unpaired) electrons. The molecule has 6 aromatic rings. The molecule has 2 aromatic heterocycles. The quantitative estimate of drug-likeness (QED) is 0.171. The van der Waals surface area contributed by atoms with Crippen molar-refractivity contribution in [3.63, 3.8) is 0 Å². The monoisotopic (exact) mass is 624 g/mol. The smallest absolute Gasteiger partial charge is 0.292 e. The third kappa shape index (κ3) is 4.35. The first-order valence-electron chi connectivity index (χ1n) is 16.5. The molecule has 2 aliphatic heterocycles. The molecule has 0 unspecified atom stereocenters. The number of para-hydroxylation sites is 2. The second-order valence-electron chi connectivity index (χ2n) is 13.7. The number of ether oxygens (including phenoxy) is 1. The van der Waals surface area contributed by atoms with Crippen molar-refractivity contribution in [3.05, 3.63) is 144 Å². The molecule has 4 bridgehead atoms. The molecule has 0 N–H and O–H groups in total. The van der Waals surface area contributed by atoms with E-state index < -0.39 is 0 Å². The van der Waals surface area contributed by atoms with Crippen LogP contribution in [0, 0.1) is 11.3 Å².